The van der Waals surface area contributed by atoms with E-state index in [-0.39, 0.29) is 13.4 Å². The molecule has 0 radical (unpaired) electrons. The van der Waals surface area contributed by atoms with E-state index in [0.717, 1.165) is 33.8 Å². The van der Waals surface area contributed by atoms with E-state index < -0.39 is 0 Å². The van der Waals surface area contributed by atoms with Crippen LogP contribution in [0.4, 0.5) is 0 Å². The molecule has 0 amide bonds. The fourth-order valence-corrected chi connectivity index (χ4v) is 13.1. The van der Waals surface area contributed by atoms with Gasteiger partial charge in [0.15, 0.2) is 0 Å². The molecule has 0 atom stereocenters. The molecule has 74 heavy (non-hydrogen) atoms. The molecule has 366 valence electrons. The summed E-state index contributed by atoms with van der Waals surface area (Å²) < 4.78 is 15.1. The molecule has 0 spiro atoms. The van der Waals surface area contributed by atoms with Crippen LogP contribution in [-0.2, 0) is 0 Å². The highest BCUT2D eigenvalue weighted by atomic mass is 16.5. The lowest BCUT2D eigenvalue weighted by atomic mass is 9.32. The number of ether oxygens (including phenoxy) is 2. The Labute approximate surface area is 440 Å². The van der Waals surface area contributed by atoms with Gasteiger partial charge in [-0.05, 0) is 148 Å². The highest BCUT2D eigenvalue weighted by Crippen LogP contribution is 2.50. The normalized spacial score (nSPS) is 13.2. The van der Waals surface area contributed by atoms with Crippen molar-refractivity contribution < 1.29 is 9.47 Å². The van der Waals surface area contributed by atoms with E-state index in [1.54, 1.807) is 0 Å². The van der Waals surface area contributed by atoms with Gasteiger partial charge in [-0.2, -0.15) is 0 Å². The number of fused-ring (bicyclic) bond motifs is 6. The average Bonchev–Trinajstić information content (AvgIpc) is 3.41. The van der Waals surface area contributed by atoms with Gasteiger partial charge in [-0.15, -0.1) is 0 Å². The fraction of sp³-hybridized carbons (Fsp3) is 0.257. The molecule has 0 saturated carbocycles. The zero-order chi connectivity index (χ0) is 51.4. The monoisotopic (exact) mass is 963 g/mol. The summed E-state index contributed by atoms with van der Waals surface area (Å²) in [7, 11) is 0. The quantitative estimate of drug-likeness (QED) is 0.100. The van der Waals surface area contributed by atoms with Crippen LogP contribution in [0.5, 0.6) is 23.0 Å². The maximum absolute atomic E-state index is 7.53. The third-order valence-electron chi connectivity index (χ3n) is 16.7. The lowest BCUT2D eigenvalue weighted by molar-refractivity contribution is 0.493. The first-order valence-electron chi connectivity index (χ1n) is 27.6. The molecule has 0 saturated heterocycles. The summed E-state index contributed by atoms with van der Waals surface area (Å²) in [6.07, 6.45) is 0. The predicted molar refractivity (Wildman–Crippen MR) is 321 cm³/mol. The smallest absolute Gasteiger partial charge is 0.252 e. The lowest BCUT2D eigenvalue weighted by Gasteiger charge is -2.36. The van der Waals surface area contributed by atoms with Gasteiger partial charge in [0.25, 0.3) is 13.4 Å². The van der Waals surface area contributed by atoms with Crippen molar-refractivity contribution in [2.24, 2.45) is 0 Å². The number of hydrogen-bond acceptors (Lipinski definition) is 2. The largest absolute Gasteiger partial charge is 0.458 e. The molecule has 0 aliphatic carbocycles. The molecule has 0 N–H and O–H groups in total. The Morgan fingerprint density at radius 3 is 0.946 bits per heavy atom. The molecule has 0 fully saturated rings. The topological polar surface area (TPSA) is 18.5 Å². The van der Waals surface area contributed by atoms with Gasteiger partial charge in [0, 0.05) is 21.5 Å². The summed E-state index contributed by atoms with van der Waals surface area (Å²) >= 11 is 0. The number of hydrogen-bond donors (Lipinski definition) is 0. The van der Waals surface area contributed by atoms with E-state index in [1.165, 1.54) is 110 Å². The Bertz CT molecular complexity index is 3500. The Balaban J connectivity index is 1.26. The van der Waals surface area contributed by atoms with E-state index in [9.17, 15) is 0 Å². The summed E-state index contributed by atoms with van der Waals surface area (Å²) in [4.78, 5) is 0. The minimum Gasteiger partial charge on any atom is -0.458 e. The van der Waals surface area contributed by atoms with E-state index in [2.05, 4.69) is 241 Å². The molecule has 2 heterocycles. The third-order valence-corrected chi connectivity index (χ3v) is 16.7. The van der Waals surface area contributed by atoms with Crippen molar-refractivity contribution in [3.63, 3.8) is 0 Å². The zero-order valence-electron chi connectivity index (χ0n) is 45.4. The standard InChI is InChI=1S/C70H68B2O2/c1-39(2)47-35-53(41(5)6)65(54(36-47)42(7)8)71-57-27-19-21-29-59(57)73-69-51-33-32-50-62(46-25-17-14-18-26-46)68-70(52-34-31-49(63(51)64(50)52)61(67(69)71)45-23-15-13-16-24-45)74-60-30-22-20-28-58(60)72(68)66-55(43(9)10)37-48(40(3)4)38-56(66)44(11)12/h13-44H,1-12H3. The van der Waals surface area contributed by atoms with Crippen LogP contribution in [0.15, 0.2) is 158 Å². The van der Waals surface area contributed by atoms with Crippen molar-refractivity contribution in [3.8, 4) is 45.3 Å². The van der Waals surface area contributed by atoms with Crippen LogP contribution in [0.3, 0.4) is 0 Å². The second kappa shape index (κ2) is 18.4. The van der Waals surface area contributed by atoms with Gasteiger partial charge in [-0.1, -0.05) is 227 Å². The van der Waals surface area contributed by atoms with Crippen LogP contribution < -0.4 is 42.3 Å². The second-order valence-corrected chi connectivity index (χ2v) is 23.3. The fourth-order valence-electron chi connectivity index (χ4n) is 13.1. The molecule has 2 nitrogen and oxygen atoms in total. The molecule has 12 rings (SSSR count). The van der Waals surface area contributed by atoms with Gasteiger partial charge in [0.1, 0.15) is 23.0 Å². The molecule has 2 aliphatic rings. The summed E-state index contributed by atoms with van der Waals surface area (Å²) in [6.45, 7) is 28.2. The highest BCUT2D eigenvalue weighted by Gasteiger charge is 2.43. The molecular weight excluding hydrogens is 894 g/mol. The van der Waals surface area contributed by atoms with Crippen LogP contribution in [0, 0.1) is 0 Å². The van der Waals surface area contributed by atoms with Crippen molar-refractivity contribution in [2.45, 2.75) is 119 Å². The Hall–Kier alpha value is -7.03. The van der Waals surface area contributed by atoms with E-state index in [4.69, 9.17) is 9.47 Å². The van der Waals surface area contributed by atoms with E-state index in [1.807, 2.05) is 0 Å². The van der Waals surface area contributed by atoms with Crippen molar-refractivity contribution in [1.29, 1.82) is 0 Å². The summed E-state index contributed by atoms with van der Waals surface area (Å²) in [5, 5.41) is 7.14. The maximum Gasteiger partial charge on any atom is 0.252 e. The molecule has 0 aromatic heterocycles. The number of benzene rings is 10. The molecule has 0 unspecified atom stereocenters. The van der Waals surface area contributed by atoms with Gasteiger partial charge in [-0.25, -0.2) is 0 Å². The highest BCUT2D eigenvalue weighted by molar-refractivity contribution is 6.99. The zero-order valence-corrected chi connectivity index (χ0v) is 45.4. The van der Waals surface area contributed by atoms with Gasteiger partial charge in [-0.3, -0.25) is 0 Å². The first-order chi connectivity index (χ1) is 35.7. The summed E-state index contributed by atoms with van der Waals surface area (Å²) in [6, 6.07) is 59.8. The predicted octanol–water partition coefficient (Wildman–Crippen LogP) is 15.9. The van der Waals surface area contributed by atoms with Crippen LogP contribution in [0.2, 0.25) is 0 Å². The van der Waals surface area contributed by atoms with Gasteiger partial charge in [0.2, 0.25) is 0 Å². The third kappa shape index (κ3) is 7.45. The maximum atomic E-state index is 7.53. The van der Waals surface area contributed by atoms with E-state index >= 15 is 0 Å². The van der Waals surface area contributed by atoms with Gasteiger partial charge < -0.3 is 9.47 Å². The van der Waals surface area contributed by atoms with Gasteiger partial charge >= 0.3 is 0 Å². The van der Waals surface area contributed by atoms with Crippen LogP contribution in [-0.4, -0.2) is 13.4 Å². The van der Waals surface area contributed by atoms with Crippen molar-refractivity contribution in [3.05, 3.63) is 191 Å². The van der Waals surface area contributed by atoms with Crippen LogP contribution in [0.1, 0.15) is 152 Å². The Morgan fingerprint density at radius 2 is 0.622 bits per heavy atom. The molecule has 2 aliphatic heterocycles. The molecule has 10 aromatic carbocycles. The van der Waals surface area contributed by atoms with Crippen LogP contribution >= 0.6 is 0 Å². The molecule has 10 aromatic rings. The minimum atomic E-state index is -0.0799. The first-order valence-corrected chi connectivity index (χ1v) is 27.6. The molecular formula is C70H68B2O2. The molecule has 4 heteroatoms. The van der Waals surface area contributed by atoms with Crippen molar-refractivity contribution in [1.82, 2.24) is 0 Å². The minimum absolute atomic E-state index is 0.0799. The number of rotatable bonds is 10. The first kappa shape index (κ1) is 47.9. The summed E-state index contributed by atoms with van der Waals surface area (Å²) in [5.41, 5.74) is 21.1. The summed E-state index contributed by atoms with van der Waals surface area (Å²) in [5.74, 6) is 5.80. The Morgan fingerprint density at radius 1 is 0.311 bits per heavy atom. The van der Waals surface area contributed by atoms with Gasteiger partial charge in [0.05, 0.1) is 0 Å². The SMILES string of the molecule is CC(C)c1cc(C(C)C)c(B2c3ccccc3Oc3c2c(-c2ccccc2)c2ccc4c5c(c(-c6ccccc6)c6ccc3c2c46)B(c2c(C(C)C)cc(C(C)C)cc2C(C)C)c2ccccc2O5)c(C(C)C)c1. The van der Waals surface area contributed by atoms with Crippen molar-refractivity contribution >= 4 is 78.5 Å². The molecule has 0 bridgehead atoms. The number of para-hydroxylation sites is 2. The van der Waals surface area contributed by atoms with E-state index in [0.29, 0.717) is 35.5 Å². The average molecular weight is 963 g/mol. The van der Waals surface area contributed by atoms with Crippen molar-refractivity contribution in [2.75, 3.05) is 0 Å². The second-order valence-electron chi connectivity index (χ2n) is 23.3. The van der Waals surface area contributed by atoms with Crippen LogP contribution in [0.25, 0.3) is 54.6 Å². The Kier molecular flexibility index (Phi) is 11.9. The lowest BCUT2D eigenvalue weighted by Crippen LogP contribution is -2.58.